The Morgan fingerprint density at radius 2 is 1.62 bits per heavy atom. The van der Waals surface area contributed by atoms with Gasteiger partial charge in [0.15, 0.2) is 0 Å². The van der Waals surface area contributed by atoms with Gasteiger partial charge in [0.05, 0.1) is 18.4 Å². The first-order valence-electron chi connectivity index (χ1n) is 4.26. The molecule has 0 radical (unpaired) electrons. The molecule has 0 saturated heterocycles. The van der Waals surface area contributed by atoms with Crippen LogP contribution in [0, 0.1) is 0 Å². The third-order valence-electron chi connectivity index (χ3n) is 1.40. The van der Waals surface area contributed by atoms with Crippen LogP contribution in [-0.4, -0.2) is 53.0 Å². The van der Waals surface area contributed by atoms with Gasteiger partial charge in [-0.25, -0.2) is 26.3 Å². The number of aliphatic carboxylic acids is 1. The Labute approximate surface area is 94.1 Å². The van der Waals surface area contributed by atoms with Crippen LogP contribution in [-0.2, 0) is 24.8 Å². The van der Waals surface area contributed by atoms with Crippen molar-refractivity contribution in [3.05, 3.63) is 0 Å². The van der Waals surface area contributed by atoms with Gasteiger partial charge < -0.3 is 5.11 Å². The van der Waals surface area contributed by atoms with Gasteiger partial charge in [0.25, 0.3) is 0 Å². The van der Waals surface area contributed by atoms with Gasteiger partial charge in [-0.3, -0.25) is 4.79 Å². The SMILES string of the molecule is CS(=O)(=O)NCCNS(=O)(=O)CCC(=O)O. The van der Waals surface area contributed by atoms with Gasteiger partial charge in [0, 0.05) is 13.1 Å². The summed E-state index contributed by atoms with van der Waals surface area (Å²) in [6, 6.07) is 0. The molecule has 0 aliphatic rings. The summed E-state index contributed by atoms with van der Waals surface area (Å²) < 4.78 is 47.6. The summed E-state index contributed by atoms with van der Waals surface area (Å²) in [5, 5.41) is 8.27. The summed E-state index contributed by atoms with van der Waals surface area (Å²) >= 11 is 0. The number of hydrogen-bond donors (Lipinski definition) is 3. The summed E-state index contributed by atoms with van der Waals surface area (Å²) in [5.41, 5.74) is 0. The number of carbonyl (C=O) groups is 1. The molecule has 8 nitrogen and oxygen atoms in total. The molecule has 0 amide bonds. The molecule has 0 fully saturated rings. The molecule has 0 heterocycles. The van der Waals surface area contributed by atoms with Crippen molar-refractivity contribution in [2.75, 3.05) is 25.1 Å². The highest BCUT2D eigenvalue weighted by molar-refractivity contribution is 7.89. The highest BCUT2D eigenvalue weighted by atomic mass is 32.2. The largest absolute Gasteiger partial charge is 0.481 e. The van der Waals surface area contributed by atoms with Crippen molar-refractivity contribution < 1.29 is 26.7 Å². The summed E-state index contributed by atoms with van der Waals surface area (Å²) in [4.78, 5) is 10.1. The van der Waals surface area contributed by atoms with Gasteiger partial charge in [-0.2, -0.15) is 0 Å². The van der Waals surface area contributed by atoms with Crippen LogP contribution in [0.1, 0.15) is 6.42 Å². The maximum absolute atomic E-state index is 11.1. The average Bonchev–Trinajstić information content (AvgIpc) is 2.08. The van der Waals surface area contributed by atoms with Crippen molar-refractivity contribution in [3.63, 3.8) is 0 Å². The second-order valence-corrected chi connectivity index (χ2v) is 6.78. The smallest absolute Gasteiger partial charge is 0.304 e. The number of sulfonamides is 2. The van der Waals surface area contributed by atoms with E-state index in [-0.39, 0.29) is 13.1 Å². The van der Waals surface area contributed by atoms with Crippen LogP contribution in [0.3, 0.4) is 0 Å². The highest BCUT2D eigenvalue weighted by Gasteiger charge is 2.12. The lowest BCUT2D eigenvalue weighted by Gasteiger charge is -2.05. The van der Waals surface area contributed by atoms with Gasteiger partial charge in [0.2, 0.25) is 20.0 Å². The van der Waals surface area contributed by atoms with Crippen LogP contribution in [0.25, 0.3) is 0 Å². The van der Waals surface area contributed by atoms with Crippen LogP contribution in [0.15, 0.2) is 0 Å². The molecule has 0 rings (SSSR count). The van der Waals surface area contributed by atoms with Crippen LogP contribution in [0.5, 0.6) is 0 Å². The van der Waals surface area contributed by atoms with Crippen molar-refractivity contribution in [1.29, 1.82) is 0 Å². The summed E-state index contributed by atoms with van der Waals surface area (Å²) in [7, 11) is -7.01. The Hall–Kier alpha value is -0.710. The van der Waals surface area contributed by atoms with E-state index in [1.165, 1.54) is 0 Å². The van der Waals surface area contributed by atoms with Crippen LogP contribution < -0.4 is 9.44 Å². The second-order valence-electron chi connectivity index (χ2n) is 3.02. The Balaban J connectivity index is 3.88. The number of rotatable bonds is 8. The zero-order valence-electron chi connectivity index (χ0n) is 8.63. The average molecular weight is 274 g/mol. The number of nitrogens with one attached hydrogen (secondary N) is 2. The van der Waals surface area contributed by atoms with Crippen molar-refractivity contribution in [2.45, 2.75) is 6.42 Å². The lowest BCUT2D eigenvalue weighted by atomic mass is 10.5. The third-order valence-corrected chi connectivity index (χ3v) is 3.51. The first-order valence-corrected chi connectivity index (χ1v) is 7.80. The minimum absolute atomic E-state index is 0.0782. The van der Waals surface area contributed by atoms with E-state index in [2.05, 4.69) is 9.44 Å². The van der Waals surface area contributed by atoms with Crippen molar-refractivity contribution in [1.82, 2.24) is 9.44 Å². The van der Waals surface area contributed by atoms with E-state index in [0.717, 1.165) is 6.26 Å². The fourth-order valence-corrected chi connectivity index (χ4v) is 2.21. The zero-order chi connectivity index (χ0) is 12.8. The Morgan fingerprint density at radius 3 is 2.06 bits per heavy atom. The predicted octanol–water partition coefficient (Wildman–Crippen LogP) is -2.07. The van der Waals surface area contributed by atoms with Gasteiger partial charge >= 0.3 is 5.97 Å². The summed E-state index contributed by atoms with van der Waals surface area (Å²) in [6.45, 7) is -0.194. The minimum atomic E-state index is -3.66. The predicted molar refractivity (Wildman–Crippen MR) is 56.9 cm³/mol. The van der Waals surface area contributed by atoms with E-state index < -0.39 is 38.2 Å². The molecule has 3 N–H and O–H groups in total. The van der Waals surface area contributed by atoms with Crippen LogP contribution >= 0.6 is 0 Å². The van der Waals surface area contributed by atoms with E-state index >= 15 is 0 Å². The van der Waals surface area contributed by atoms with Gasteiger partial charge in [-0.15, -0.1) is 0 Å². The monoisotopic (exact) mass is 274 g/mol. The second kappa shape index (κ2) is 6.13. The lowest BCUT2D eigenvalue weighted by molar-refractivity contribution is -0.136. The molecular weight excluding hydrogens is 260 g/mol. The van der Waals surface area contributed by atoms with E-state index in [1.807, 2.05) is 0 Å². The van der Waals surface area contributed by atoms with Crippen molar-refractivity contribution >= 4 is 26.0 Å². The molecular formula is C6H14N2O6S2. The molecule has 0 atom stereocenters. The minimum Gasteiger partial charge on any atom is -0.481 e. The quantitative estimate of drug-likeness (QED) is 0.436. The molecule has 96 valence electrons. The number of carboxylic acids is 1. The molecule has 0 unspecified atom stereocenters. The molecule has 0 aliphatic heterocycles. The summed E-state index contributed by atoms with van der Waals surface area (Å²) in [5.74, 6) is -1.74. The molecule has 0 aliphatic carbocycles. The zero-order valence-corrected chi connectivity index (χ0v) is 10.3. The molecule has 0 aromatic heterocycles. The van der Waals surface area contributed by atoms with E-state index in [0.29, 0.717) is 0 Å². The molecule has 0 aromatic rings. The van der Waals surface area contributed by atoms with E-state index in [9.17, 15) is 21.6 Å². The fraction of sp³-hybridized carbons (Fsp3) is 0.833. The standard InChI is InChI=1S/C6H14N2O6S2/c1-15(11,12)7-3-4-8-16(13,14)5-2-6(9)10/h7-8H,2-5H2,1H3,(H,9,10). The van der Waals surface area contributed by atoms with E-state index in [1.54, 1.807) is 0 Å². The maximum Gasteiger partial charge on any atom is 0.304 e. The maximum atomic E-state index is 11.1. The Bertz CT molecular complexity index is 426. The van der Waals surface area contributed by atoms with Crippen molar-refractivity contribution in [3.8, 4) is 0 Å². The number of carboxylic acid groups (broad SMARTS) is 1. The Kier molecular flexibility index (Phi) is 5.86. The van der Waals surface area contributed by atoms with Gasteiger partial charge in [0.1, 0.15) is 0 Å². The van der Waals surface area contributed by atoms with Crippen LogP contribution in [0.2, 0.25) is 0 Å². The molecule has 0 bridgehead atoms. The van der Waals surface area contributed by atoms with Gasteiger partial charge in [-0.05, 0) is 0 Å². The lowest BCUT2D eigenvalue weighted by Crippen LogP contribution is -2.35. The highest BCUT2D eigenvalue weighted by Crippen LogP contribution is 1.88. The third kappa shape index (κ3) is 9.83. The summed E-state index contributed by atoms with van der Waals surface area (Å²) in [6.07, 6.45) is 0.459. The van der Waals surface area contributed by atoms with Gasteiger partial charge in [-0.1, -0.05) is 0 Å². The molecule has 0 aromatic carbocycles. The molecule has 0 saturated carbocycles. The van der Waals surface area contributed by atoms with Crippen LogP contribution in [0.4, 0.5) is 0 Å². The fourth-order valence-electron chi connectivity index (χ4n) is 0.737. The molecule has 0 spiro atoms. The molecule has 16 heavy (non-hydrogen) atoms. The Morgan fingerprint density at radius 1 is 1.12 bits per heavy atom. The molecule has 10 heteroatoms. The van der Waals surface area contributed by atoms with Crippen molar-refractivity contribution in [2.24, 2.45) is 0 Å². The topological polar surface area (TPSA) is 130 Å². The van der Waals surface area contributed by atoms with E-state index in [4.69, 9.17) is 5.11 Å². The first kappa shape index (κ1) is 15.3. The first-order chi connectivity index (χ1) is 7.12. The number of hydrogen-bond acceptors (Lipinski definition) is 5. The normalized spacial score (nSPS) is 12.6.